The van der Waals surface area contributed by atoms with Crippen LogP contribution >= 0.6 is 0 Å². The van der Waals surface area contributed by atoms with E-state index in [1.807, 2.05) is 6.92 Å². The van der Waals surface area contributed by atoms with Crippen molar-refractivity contribution in [3.63, 3.8) is 0 Å². The smallest absolute Gasteiger partial charge is 0.253 e. The first-order valence-electron chi connectivity index (χ1n) is 5.45. The number of ether oxygens (including phenoxy) is 1. The van der Waals surface area contributed by atoms with Crippen LogP contribution in [-0.4, -0.2) is 31.2 Å². The SMILES string of the molecule is CC1(CN)CN(c2ccccc2F)C(=O)CO1. The molecule has 1 aromatic carbocycles. The molecule has 17 heavy (non-hydrogen) atoms. The molecule has 2 rings (SSSR count). The number of amides is 1. The Kier molecular flexibility index (Phi) is 3.13. The van der Waals surface area contributed by atoms with Crippen molar-refractivity contribution >= 4 is 11.6 Å². The third-order valence-electron chi connectivity index (χ3n) is 2.91. The van der Waals surface area contributed by atoms with Gasteiger partial charge >= 0.3 is 0 Å². The van der Waals surface area contributed by atoms with Gasteiger partial charge in [0.2, 0.25) is 0 Å². The minimum absolute atomic E-state index is 0.0674. The largest absolute Gasteiger partial charge is 0.362 e. The summed E-state index contributed by atoms with van der Waals surface area (Å²) in [5.74, 6) is -0.664. The minimum atomic E-state index is -0.615. The molecule has 1 atom stereocenters. The molecule has 0 saturated carbocycles. The molecule has 0 bridgehead atoms. The van der Waals surface area contributed by atoms with Crippen molar-refractivity contribution in [3.8, 4) is 0 Å². The second kappa shape index (κ2) is 4.43. The van der Waals surface area contributed by atoms with Crippen LogP contribution in [0.25, 0.3) is 0 Å². The normalized spacial score (nSPS) is 25.1. The van der Waals surface area contributed by atoms with Gasteiger partial charge in [-0.15, -0.1) is 0 Å². The van der Waals surface area contributed by atoms with E-state index in [9.17, 15) is 9.18 Å². The average Bonchev–Trinajstić information content (AvgIpc) is 2.34. The van der Waals surface area contributed by atoms with Gasteiger partial charge in [-0.25, -0.2) is 4.39 Å². The highest BCUT2D eigenvalue weighted by Crippen LogP contribution is 2.25. The number of carbonyl (C=O) groups excluding carboxylic acids is 1. The van der Waals surface area contributed by atoms with E-state index in [1.54, 1.807) is 18.2 Å². The van der Waals surface area contributed by atoms with E-state index in [0.29, 0.717) is 0 Å². The third kappa shape index (κ3) is 2.30. The van der Waals surface area contributed by atoms with Gasteiger partial charge in [-0.3, -0.25) is 4.79 Å². The van der Waals surface area contributed by atoms with Gasteiger partial charge < -0.3 is 15.4 Å². The molecule has 5 heteroatoms. The number of carbonyl (C=O) groups is 1. The van der Waals surface area contributed by atoms with Gasteiger partial charge in [0.1, 0.15) is 12.4 Å². The van der Waals surface area contributed by atoms with E-state index in [1.165, 1.54) is 11.0 Å². The maximum absolute atomic E-state index is 13.6. The number of anilines is 1. The lowest BCUT2D eigenvalue weighted by molar-refractivity contribution is -0.136. The number of halogens is 1. The van der Waals surface area contributed by atoms with E-state index in [0.717, 1.165) is 0 Å². The lowest BCUT2D eigenvalue weighted by atomic mass is 10.0. The van der Waals surface area contributed by atoms with Crippen molar-refractivity contribution in [1.29, 1.82) is 0 Å². The average molecular weight is 238 g/mol. The van der Waals surface area contributed by atoms with Gasteiger partial charge in [-0.2, -0.15) is 0 Å². The number of morpholine rings is 1. The molecule has 0 aliphatic carbocycles. The van der Waals surface area contributed by atoms with E-state index >= 15 is 0 Å². The Morgan fingerprint density at radius 1 is 1.53 bits per heavy atom. The van der Waals surface area contributed by atoms with Crippen LogP contribution in [0.3, 0.4) is 0 Å². The Balaban J connectivity index is 2.30. The second-order valence-electron chi connectivity index (χ2n) is 4.37. The summed E-state index contributed by atoms with van der Waals surface area (Å²) in [5, 5.41) is 0. The molecule has 1 amide bonds. The Labute approximate surface area is 99.2 Å². The molecule has 1 heterocycles. The summed E-state index contributed by atoms with van der Waals surface area (Å²) in [6.45, 7) is 2.30. The van der Waals surface area contributed by atoms with Crippen LogP contribution in [-0.2, 0) is 9.53 Å². The monoisotopic (exact) mass is 238 g/mol. The van der Waals surface area contributed by atoms with Gasteiger partial charge in [0.25, 0.3) is 5.91 Å². The zero-order valence-corrected chi connectivity index (χ0v) is 9.65. The van der Waals surface area contributed by atoms with E-state index in [2.05, 4.69) is 0 Å². The number of para-hydroxylation sites is 1. The summed E-state index contributed by atoms with van der Waals surface area (Å²) >= 11 is 0. The lowest BCUT2D eigenvalue weighted by Gasteiger charge is -2.39. The van der Waals surface area contributed by atoms with Crippen LogP contribution in [0.1, 0.15) is 6.92 Å². The summed E-state index contributed by atoms with van der Waals surface area (Å²) in [6.07, 6.45) is 0. The molecule has 2 N–H and O–H groups in total. The standard InChI is InChI=1S/C12H15FN2O2/c1-12(7-14)8-15(11(16)6-17-12)10-5-3-2-4-9(10)13/h2-5H,6-8,14H2,1H3. The number of benzene rings is 1. The van der Waals surface area contributed by atoms with Crippen molar-refractivity contribution in [2.75, 3.05) is 24.6 Å². The maximum atomic E-state index is 13.6. The van der Waals surface area contributed by atoms with Crippen molar-refractivity contribution in [2.45, 2.75) is 12.5 Å². The Hall–Kier alpha value is -1.46. The molecule has 92 valence electrons. The molecule has 4 nitrogen and oxygen atoms in total. The lowest BCUT2D eigenvalue weighted by Crippen LogP contribution is -2.56. The van der Waals surface area contributed by atoms with Crippen LogP contribution in [0.2, 0.25) is 0 Å². The number of hydrogen-bond donors (Lipinski definition) is 1. The molecule has 0 radical (unpaired) electrons. The van der Waals surface area contributed by atoms with Crippen molar-refractivity contribution in [3.05, 3.63) is 30.1 Å². The first kappa shape index (κ1) is 12.0. The molecular weight excluding hydrogens is 223 g/mol. The van der Waals surface area contributed by atoms with Crippen LogP contribution < -0.4 is 10.6 Å². The zero-order chi connectivity index (χ0) is 12.5. The minimum Gasteiger partial charge on any atom is -0.362 e. The zero-order valence-electron chi connectivity index (χ0n) is 9.65. The first-order chi connectivity index (χ1) is 8.06. The summed E-state index contributed by atoms with van der Waals surface area (Å²) in [4.78, 5) is 13.1. The highest BCUT2D eigenvalue weighted by Gasteiger charge is 2.36. The number of hydrogen-bond acceptors (Lipinski definition) is 3. The summed E-state index contributed by atoms with van der Waals surface area (Å²) in [7, 11) is 0. The van der Waals surface area contributed by atoms with Crippen molar-refractivity contribution in [1.82, 2.24) is 0 Å². The molecule has 1 aliphatic rings. The van der Waals surface area contributed by atoms with Gasteiger partial charge in [0, 0.05) is 6.54 Å². The summed E-state index contributed by atoms with van der Waals surface area (Å²) < 4.78 is 19.0. The van der Waals surface area contributed by atoms with Gasteiger partial charge in [-0.05, 0) is 19.1 Å². The predicted molar refractivity (Wildman–Crippen MR) is 62.2 cm³/mol. The van der Waals surface area contributed by atoms with Crippen LogP contribution in [0.15, 0.2) is 24.3 Å². The van der Waals surface area contributed by atoms with Crippen LogP contribution in [0, 0.1) is 5.82 Å². The predicted octanol–water partition coefficient (Wildman–Crippen LogP) is 0.906. The molecule has 1 saturated heterocycles. The summed E-state index contributed by atoms with van der Waals surface area (Å²) in [5.41, 5.74) is 5.27. The van der Waals surface area contributed by atoms with Crippen LogP contribution in [0.5, 0.6) is 0 Å². The quantitative estimate of drug-likeness (QED) is 0.833. The molecule has 1 aromatic rings. The molecule has 1 unspecified atom stereocenters. The van der Waals surface area contributed by atoms with E-state index in [-0.39, 0.29) is 31.3 Å². The van der Waals surface area contributed by atoms with Gasteiger partial charge in [0.15, 0.2) is 0 Å². The van der Waals surface area contributed by atoms with E-state index < -0.39 is 11.4 Å². The van der Waals surface area contributed by atoms with Crippen LogP contribution in [0.4, 0.5) is 10.1 Å². The fourth-order valence-electron chi connectivity index (χ4n) is 1.80. The number of nitrogens with zero attached hydrogens (tertiary/aromatic N) is 1. The molecule has 1 aliphatic heterocycles. The topological polar surface area (TPSA) is 55.6 Å². The molecular formula is C12H15FN2O2. The van der Waals surface area contributed by atoms with E-state index in [4.69, 9.17) is 10.5 Å². The fourth-order valence-corrected chi connectivity index (χ4v) is 1.80. The maximum Gasteiger partial charge on any atom is 0.253 e. The highest BCUT2D eigenvalue weighted by molar-refractivity contribution is 5.95. The van der Waals surface area contributed by atoms with Crippen molar-refractivity contribution < 1.29 is 13.9 Å². The number of rotatable bonds is 2. The number of nitrogens with two attached hydrogens (primary N) is 1. The highest BCUT2D eigenvalue weighted by atomic mass is 19.1. The van der Waals surface area contributed by atoms with Gasteiger partial charge in [-0.1, -0.05) is 12.1 Å². The third-order valence-corrected chi connectivity index (χ3v) is 2.91. The Morgan fingerprint density at radius 2 is 2.24 bits per heavy atom. The Bertz CT molecular complexity index is 438. The summed E-state index contributed by atoms with van der Waals surface area (Å²) in [6, 6.07) is 6.19. The first-order valence-corrected chi connectivity index (χ1v) is 5.45. The fraction of sp³-hybridized carbons (Fsp3) is 0.417. The molecule has 0 spiro atoms. The molecule has 0 aromatic heterocycles. The van der Waals surface area contributed by atoms with Gasteiger partial charge in [0.05, 0.1) is 17.8 Å². The molecule has 1 fully saturated rings. The Morgan fingerprint density at radius 3 is 2.88 bits per heavy atom. The second-order valence-corrected chi connectivity index (χ2v) is 4.37. The van der Waals surface area contributed by atoms with Crippen molar-refractivity contribution in [2.24, 2.45) is 5.73 Å².